The first-order chi connectivity index (χ1) is 13.2. The van der Waals surface area contributed by atoms with E-state index in [1.165, 1.54) is 11.6 Å². The van der Waals surface area contributed by atoms with Crippen molar-refractivity contribution in [1.29, 1.82) is 0 Å². The molecule has 0 saturated carbocycles. The number of fused-ring (bicyclic) bond motifs is 1. The predicted molar refractivity (Wildman–Crippen MR) is 99.4 cm³/mol. The van der Waals surface area contributed by atoms with Crippen molar-refractivity contribution in [2.45, 2.75) is 6.61 Å². The van der Waals surface area contributed by atoms with Crippen LogP contribution in [-0.4, -0.2) is 22.0 Å². The van der Waals surface area contributed by atoms with Crippen molar-refractivity contribution < 1.29 is 19.6 Å². The molecule has 0 aliphatic rings. The van der Waals surface area contributed by atoms with Gasteiger partial charge in [-0.3, -0.25) is 19.6 Å². The summed E-state index contributed by atoms with van der Waals surface area (Å²) < 4.78 is 0. The number of nitrogens with one attached hydrogen (secondary N) is 2. The largest absolute Gasteiger partial charge is 0.293 e. The Morgan fingerprint density at radius 3 is 2.59 bits per heavy atom. The average molecular weight is 363 g/mol. The summed E-state index contributed by atoms with van der Waals surface area (Å²) >= 11 is 0. The second-order valence-electron chi connectivity index (χ2n) is 5.66. The van der Waals surface area contributed by atoms with Crippen LogP contribution in [0, 0.1) is 0 Å². The van der Waals surface area contributed by atoms with Gasteiger partial charge in [-0.25, -0.2) is 15.9 Å². The highest BCUT2D eigenvalue weighted by atomic mass is 16.6. The van der Waals surface area contributed by atoms with Crippen LogP contribution in [0.5, 0.6) is 0 Å². The lowest BCUT2D eigenvalue weighted by Gasteiger charge is -2.07. The van der Waals surface area contributed by atoms with E-state index in [0.29, 0.717) is 0 Å². The summed E-state index contributed by atoms with van der Waals surface area (Å²) in [5.41, 5.74) is 6.53. The Morgan fingerprint density at radius 2 is 1.81 bits per heavy atom. The van der Waals surface area contributed by atoms with Gasteiger partial charge in [0.1, 0.15) is 5.69 Å². The zero-order chi connectivity index (χ0) is 19.1. The molecule has 0 spiro atoms. The van der Waals surface area contributed by atoms with E-state index in [-0.39, 0.29) is 12.3 Å². The highest BCUT2D eigenvalue weighted by Crippen LogP contribution is 2.12. The number of para-hydroxylation sites is 1. The molecule has 27 heavy (non-hydrogen) atoms. The molecule has 0 radical (unpaired) electrons. The van der Waals surface area contributed by atoms with E-state index in [1.807, 2.05) is 30.3 Å². The molecule has 3 rings (SSSR count). The number of hydrogen-bond donors (Lipinski definition) is 3. The smallest absolute Gasteiger partial charge is 0.288 e. The minimum atomic E-state index is -0.604. The van der Waals surface area contributed by atoms with Gasteiger partial charge in [-0.2, -0.15) is 0 Å². The van der Waals surface area contributed by atoms with E-state index in [0.717, 1.165) is 22.0 Å². The molecule has 136 valence electrons. The molecular weight excluding hydrogens is 346 g/mol. The molecule has 2 amide bonds. The molecule has 0 atom stereocenters. The Morgan fingerprint density at radius 1 is 1.04 bits per heavy atom. The van der Waals surface area contributed by atoms with Crippen LogP contribution in [0.25, 0.3) is 17.0 Å². The van der Waals surface area contributed by atoms with Crippen LogP contribution in [0.3, 0.4) is 0 Å². The summed E-state index contributed by atoms with van der Waals surface area (Å²) in [5.74, 6) is -1.03. The first-order valence-corrected chi connectivity index (χ1v) is 8.15. The Hall–Kier alpha value is -3.55. The van der Waals surface area contributed by atoms with Crippen molar-refractivity contribution >= 4 is 28.8 Å². The number of hydrogen-bond acceptors (Lipinski definition) is 5. The molecule has 3 N–H and O–H groups in total. The lowest BCUT2D eigenvalue weighted by molar-refractivity contribution is -0.124. The molecule has 2 aromatic carbocycles. The Labute approximate surface area is 155 Å². The van der Waals surface area contributed by atoms with Crippen LogP contribution >= 0.6 is 0 Å². The fourth-order valence-corrected chi connectivity index (χ4v) is 2.36. The van der Waals surface area contributed by atoms with Crippen LogP contribution in [0.1, 0.15) is 21.6 Å². The van der Waals surface area contributed by atoms with Gasteiger partial charge in [0.2, 0.25) is 0 Å². The van der Waals surface area contributed by atoms with Crippen molar-refractivity contribution in [2.75, 3.05) is 0 Å². The number of rotatable bonds is 6. The van der Waals surface area contributed by atoms with Crippen LogP contribution in [-0.2, 0) is 16.2 Å². The van der Waals surface area contributed by atoms with E-state index in [2.05, 4.69) is 10.5 Å². The predicted octanol–water partition coefficient (Wildman–Crippen LogP) is 2.62. The quantitative estimate of drug-likeness (QED) is 0.355. The fourth-order valence-electron chi connectivity index (χ4n) is 2.36. The second kappa shape index (κ2) is 8.70. The lowest BCUT2D eigenvalue weighted by atomic mass is 10.1. The van der Waals surface area contributed by atoms with E-state index in [4.69, 9.17) is 10.0 Å². The zero-order valence-electron chi connectivity index (χ0n) is 14.3. The van der Waals surface area contributed by atoms with E-state index >= 15 is 0 Å². The van der Waals surface area contributed by atoms with Crippen molar-refractivity contribution in [1.82, 2.24) is 15.9 Å². The minimum Gasteiger partial charge on any atom is -0.288 e. The number of benzene rings is 2. The van der Waals surface area contributed by atoms with E-state index in [1.54, 1.807) is 36.4 Å². The monoisotopic (exact) mass is 363 g/mol. The highest BCUT2D eigenvalue weighted by Gasteiger charge is 2.08. The summed E-state index contributed by atoms with van der Waals surface area (Å²) in [7, 11) is 0. The number of carbonyl (C=O) groups is 2. The molecule has 7 heteroatoms. The van der Waals surface area contributed by atoms with Crippen LogP contribution < -0.4 is 11.0 Å². The van der Waals surface area contributed by atoms with Gasteiger partial charge in [0.25, 0.3) is 11.8 Å². The maximum atomic E-state index is 12.1. The van der Waals surface area contributed by atoms with Crippen molar-refractivity contribution in [2.24, 2.45) is 0 Å². The maximum Gasteiger partial charge on any atom is 0.293 e. The molecule has 1 aromatic heterocycles. The molecule has 0 aliphatic carbocycles. The topological polar surface area (TPSA) is 101 Å². The Bertz CT molecular complexity index is 984. The maximum absolute atomic E-state index is 12.1. The van der Waals surface area contributed by atoms with Gasteiger partial charge in [0.15, 0.2) is 0 Å². The van der Waals surface area contributed by atoms with Crippen molar-refractivity contribution in [3.05, 3.63) is 83.6 Å². The molecule has 0 saturated heterocycles. The summed E-state index contributed by atoms with van der Waals surface area (Å²) in [6.07, 6.45) is 2.77. The van der Waals surface area contributed by atoms with Crippen LogP contribution in [0.2, 0.25) is 0 Å². The Kier molecular flexibility index (Phi) is 5.88. The SMILES string of the molecule is O=C(/C=C/c1ccc(CONC(=O)c2ccc3ccccc3n2)cc1)NO. The summed E-state index contributed by atoms with van der Waals surface area (Å²) in [4.78, 5) is 32.6. The first kappa shape index (κ1) is 18.2. The van der Waals surface area contributed by atoms with Crippen molar-refractivity contribution in [3.63, 3.8) is 0 Å². The molecule has 0 aliphatic heterocycles. The number of hydroxylamine groups is 2. The molecule has 1 heterocycles. The van der Waals surface area contributed by atoms with Gasteiger partial charge >= 0.3 is 0 Å². The lowest BCUT2D eigenvalue weighted by Crippen LogP contribution is -2.24. The summed E-state index contributed by atoms with van der Waals surface area (Å²) in [6.45, 7) is 0.181. The second-order valence-corrected chi connectivity index (χ2v) is 5.66. The van der Waals surface area contributed by atoms with Gasteiger partial charge in [-0.05, 0) is 29.3 Å². The van der Waals surface area contributed by atoms with Crippen LogP contribution in [0.15, 0.2) is 66.7 Å². The third-order valence-electron chi connectivity index (χ3n) is 3.75. The van der Waals surface area contributed by atoms with Crippen molar-refractivity contribution in [3.8, 4) is 0 Å². The average Bonchev–Trinajstić information content (AvgIpc) is 2.72. The summed E-state index contributed by atoms with van der Waals surface area (Å²) in [6, 6.07) is 18.2. The standard InChI is InChI=1S/C20H17N3O4/c24-19(22-26)12-9-14-5-7-15(8-6-14)13-27-23-20(25)18-11-10-16-3-1-2-4-17(16)21-18/h1-12,26H,13H2,(H,22,24)(H,23,25)/b12-9+. The molecule has 0 fully saturated rings. The summed E-state index contributed by atoms with van der Waals surface area (Å²) in [5, 5.41) is 9.39. The third-order valence-corrected chi connectivity index (χ3v) is 3.75. The van der Waals surface area contributed by atoms with Crippen LogP contribution in [0.4, 0.5) is 0 Å². The number of carbonyl (C=O) groups excluding carboxylic acids is 2. The van der Waals surface area contributed by atoms with Gasteiger partial charge in [0.05, 0.1) is 12.1 Å². The normalized spacial score (nSPS) is 10.9. The van der Waals surface area contributed by atoms with Gasteiger partial charge in [-0.15, -0.1) is 0 Å². The molecule has 0 bridgehead atoms. The number of aromatic nitrogens is 1. The van der Waals surface area contributed by atoms with Gasteiger partial charge < -0.3 is 0 Å². The van der Waals surface area contributed by atoms with E-state index < -0.39 is 11.8 Å². The number of pyridine rings is 1. The number of nitrogens with zero attached hydrogens (tertiary/aromatic N) is 1. The molecule has 7 nitrogen and oxygen atoms in total. The Balaban J connectivity index is 1.53. The molecule has 0 unspecified atom stereocenters. The highest BCUT2D eigenvalue weighted by molar-refractivity contribution is 5.94. The van der Waals surface area contributed by atoms with E-state index in [9.17, 15) is 9.59 Å². The molecular formula is C20H17N3O4. The first-order valence-electron chi connectivity index (χ1n) is 8.15. The number of amides is 2. The molecule has 3 aromatic rings. The van der Waals surface area contributed by atoms with Gasteiger partial charge in [0, 0.05) is 11.5 Å². The third kappa shape index (κ3) is 4.97. The van der Waals surface area contributed by atoms with Gasteiger partial charge in [-0.1, -0.05) is 48.5 Å². The minimum absolute atomic E-state index is 0.181. The zero-order valence-corrected chi connectivity index (χ0v) is 14.3. The fraction of sp³-hybridized carbons (Fsp3) is 0.0500.